The molecular formula is C6H9F2N. The van der Waals surface area contributed by atoms with Gasteiger partial charge >= 0.3 is 0 Å². The van der Waals surface area contributed by atoms with Gasteiger partial charge in [-0.05, 0) is 18.9 Å². The molecule has 2 aliphatic carbocycles. The van der Waals surface area contributed by atoms with E-state index in [1.165, 1.54) is 0 Å². The lowest BCUT2D eigenvalue weighted by atomic mass is 10.3. The van der Waals surface area contributed by atoms with Gasteiger partial charge in [-0.2, -0.15) is 0 Å². The molecule has 1 nitrogen and oxygen atoms in total. The quantitative estimate of drug-likeness (QED) is 0.567. The third kappa shape index (κ3) is 0.467. The molecule has 0 radical (unpaired) electrons. The van der Waals surface area contributed by atoms with Gasteiger partial charge in [0.05, 0.1) is 0 Å². The number of alkyl halides is 2. The van der Waals surface area contributed by atoms with Crippen LogP contribution in [0.2, 0.25) is 0 Å². The van der Waals surface area contributed by atoms with Crippen LogP contribution in [0.15, 0.2) is 0 Å². The number of nitrogens with two attached hydrogens (primary N) is 1. The zero-order chi connectivity index (χ0) is 6.70. The topological polar surface area (TPSA) is 26.0 Å². The van der Waals surface area contributed by atoms with Gasteiger partial charge in [0.15, 0.2) is 0 Å². The molecule has 0 aromatic rings. The molecule has 9 heavy (non-hydrogen) atoms. The van der Waals surface area contributed by atoms with Crippen LogP contribution in [0.1, 0.15) is 12.8 Å². The first-order valence-corrected chi connectivity index (χ1v) is 3.20. The molecule has 0 aromatic heterocycles. The average molecular weight is 133 g/mol. The Labute approximate surface area is 52.2 Å². The first-order valence-electron chi connectivity index (χ1n) is 3.20. The van der Waals surface area contributed by atoms with Crippen LogP contribution in [0.4, 0.5) is 8.78 Å². The van der Waals surface area contributed by atoms with Crippen molar-refractivity contribution in [1.29, 1.82) is 0 Å². The molecule has 0 aromatic carbocycles. The molecule has 2 N–H and O–H groups in total. The first-order chi connectivity index (χ1) is 4.12. The Kier molecular flexibility index (Phi) is 0.712. The van der Waals surface area contributed by atoms with E-state index in [2.05, 4.69) is 0 Å². The fourth-order valence-electron chi connectivity index (χ4n) is 1.71. The van der Waals surface area contributed by atoms with Gasteiger partial charge in [-0.25, -0.2) is 8.78 Å². The summed E-state index contributed by atoms with van der Waals surface area (Å²) in [4.78, 5) is 0. The summed E-state index contributed by atoms with van der Waals surface area (Å²) < 4.78 is 24.7. The second-order valence-corrected chi connectivity index (χ2v) is 3.17. The van der Waals surface area contributed by atoms with Crippen LogP contribution in [0.5, 0.6) is 0 Å². The molecule has 1 spiro atoms. The monoisotopic (exact) mass is 133 g/mol. The van der Waals surface area contributed by atoms with E-state index < -0.39 is 11.3 Å². The van der Waals surface area contributed by atoms with E-state index in [4.69, 9.17) is 5.73 Å². The van der Waals surface area contributed by atoms with Crippen molar-refractivity contribution in [2.75, 3.05) is 6.54 Å². The fourth-order valence-corrected chi connectivity index (χ4v) is 1.71. The van der Waals surface area contributed by atoms with Crippen LogP contribution < -0.4 is 5.73 Å². The highest BCUT2D eigenvalue weighted by atomic mass is 19.3. The van der Waals surface area contributed by atoms with Crippen molar-refractivity contribution >= 4 is 0 Å². The lowest BCUT2D eigenvalue weighted by Crippen LogP contribution is -2.05. The maximum absolute atomic E-state index is 12.4. The summed E-state index contributed by atoms with van der Waals surface area (Å²) in [5, 5.41) is 0. The summed E-state index contributed by atoms with van der Waals surface area (Å²) in [6, 6.07) is 0. The smallest absolute Gasteiger partial charge is 0.254 e. The van der Waals surface area contributed by atoms with E-state index in [9.17, 15) is 8.78 Å². The predicted octanol–water partition coefficient (Wildman–Crippen LogP) is 0.990. The third-order valence-electron chi connectivity index (χ3n) is 2.66. The molecule has 0 heterocycles. The Morgan fingerprint density at radius 3 is 2.22 bits per heavy atom. The summed E-state index contributed by atoms with van der Waals surface area (Å²) >= 11 is 0. The van der Waals surface area contributed by atoms with Crippen LogP contribution in [0.3, 0.4) is 0 Å². The van der Waals surface area contributed by atoms with Crippen molar-refractivity contribution in [3.05, 3.63) is 0 Å². The predicted molar refractivity (Wildman–Crippen MR) is 29.2 cm³/mol. The molecule has 0 bridgehead atoms. The summed E-state index contributed by atoms with van der Waals surface area (Å²) in [6.07, 6.45) is 0.762. The zero-order valence-corrected chi connectivity index (χ0v) is 5.03. The second kappa shape index (κ2) is 1.15. The van der Waals surface area contributed by atoms with E-state index >= 15 is 0 Å². The van der Waals surface area contributed by atoms with Gasteiger partial charge in [-0.3, -0.25) is 0 Å². The highest BCUT2D eigenvalue weighted by Gasteiger charge is 2.82. The van der Waals surface area contributed by atoms with E-state index in [1.807, 2.05) is 0 Å². The highest BCUT2D eigenvalue weighted by molar-refractivity contribution is 5.24. The largest absolute Gasteiger partial charge is 0.330 e. The van der Waals surface area contributed by atoms with E-state index in [0.29, 0.717) is 13.0 Å². The minimum atomic E-state index is -2.35. The van der Waals surface area contributed by atoms with E-state index in [1.54, 1.807) is 0 Å². The summed E-state index contributed by atoms with van der Waals surface area (Å²) in [5.41, 5.74) is 4.64. The van der Waals surface area contributed by atoms with Crippen LogP contribution in [0.25, 0.3) is 0 Å². The lowest BCUT2D eigenvalue weighted by molar-refractivity contribution is 0.0895. The van der Waals surface area contributed by atoms with Crippen molar-refractivity contribution in [1.82, 2.24) is 0 Å². The van der Waals surface area contributed by atoms with Crippen LogP contribution in [-0.2, 0) is 0 Å². The minimum absolute atomic E-state index is 0.0991. The Balaban J connectivity index is 2.05. The summed E-state index contributed by atoms with van der Waals surface area (Å²) in [6.45, 7) is 0.440. The van der Waals surface area contributed by atoms with Crippen LogP contribution in [0, 0.1) is 11.3 Å². The Hall–Kier alpha value is -0.180. The summed E-state index contributed by atoms with van der Waals surface area (Å²) in [5.74, 6) is -2.22. The molecule has 2 atom stereocenters. The molecule has 52 valence electrons. The molecule has 2 unspecified atom stereocenters. The molecule has 2 aliphatic rings. The Bertz CT molecular complexity index is 157. The summed E-state index contributed by atoms with van der Waals surface area (Å²) in [7, 11) is 0. The van der Waals surface area contributed by atoms with Gasteiger partial charge in [0.2, 0.25) is 0 Å². The van der Waals surface area contributed by atoms with Crippen molar-refractivity contribution in [3.8, 4) is 0 Å². The molecular weight excluding hydrogens is 124 g/mol. The second-order valence-electron chi connectivity index (χ2n) is 3.17. The molecule has 0 amide bonds. The first kappa shape index (κ1) is 5.59. The fraction of sp³-hybridized carbons (Fsp3) is 1.00. The molecule has 0 aliphatic heterocycles. The lowest BCUT2D eigenvalue weighted by Gasteiger charge is -1.90. The standard InChI is InChI=1S/C6H9F2N/c7-6(8)3-5(6)1-4(5)2-9/h4H,1-3,9H2. The van der Waals surface area contributed by atoms with Gasteiger partial charge in [0, 0.05) is 11.8 Å². The van der Waals surface area contributed by atoms with Gasteiger partial charge in [-0.15, -0.1) is 0 Å². The van der Waals surface area contributed by atoms with Gasteiger partial charge < -0.3 is 5.73 Å². The maximum Gasteiger partial charge on any atom is 0.254 e. The van der Waals surface area contributed by atoms with Crippen molar-refractivity contribution < 1.29 is 8.78 Å². The molecule has 2 fully saturated rings. The number of halogens is 2. The van der Waals surface area contributed by atoms with Gasteiger partial charge in [0.1, 0.15) is 0 Å². The van der Waals surface area contributed by atoms with Gasteiger partial charge in [0.25, 0.3) is 5.92 Å². The SMILES string of the molecule is NCC1CC12CC2(F)F. The van der Waals surface area contributed by atoms with E-state index in [-0.39, 0.29) is 12.3 Å². The highest BCUT2D eigenvalue weighted by Crippen LogP contribution is 2.78. The Morgan fingerprint density at radius 1 is 1.56 bits per heavy atom. The molecule has 2 saturated carbocycles. The average Bonchev–Trinajstić information content (AvgIpc) is 2.53. The minimum Gasteiger partial charge on any atom is -0.330 e. The number of hydrogen-bond acceptors (Lipinski definition) is 1. The maximum atomic E-state index is 12.4. The van der Waals surface area contributed by atoms with Crippen molar-refractivity contribution in [2.45, 2.75) is 18.8 Å². The van der Waals surface area contributed by atoms with Crippen molar-refractivity contribution in [2.24, 2.45) is 17.1 Å². The van der Waals surface area contributed by atoms with Gasteiger partial charge in [-0.1, -0.05) is 0 Å². The third-order valence-corrected chi connectivity index (χ3v) is 2.66. The normalized spacial score (nSPS) is 51.7. The molecule has 2 rings (SSSR count). The Morgan fingerprint density at radius 2 is 2.11 bits per heavy atom. The van der Waals surface area contributed by atoms with Crippen molar-refractivity contribution in [3.63, 3.8) is 0 Å². The van der Waals surface area contributed by atoms with Crippen LogP contribution >= 0.6 is 0 Å². The van der Waals surface area contributed by atoms with E-state index in [0.717, 1.165) is 0 Å². The molecule has 3 heteroatoms. The molecule has 0 saturated heterocycles. The number of rotatable bonds is 1. The van der Waals surface area contributed by atoms with Crippen LogP contribution in [-0.4, -0.2) is 12.5 Å². The number of hydrogen-bond donors (Lipinski definition) is 1. The zero-order valence-electron chi connectivity index (χ0n) is 5.03.